The molecule has 0 rings (SSSR count). The molecule has 390 valence electrons. The highest BCUT2D eigenvalue weighted by Crippen LogP contribution is 2.15. The van der Waals surface area contributed by atoms with Crippen molar-refractivity contribution in [2.75, 3.05) is 13.2 Å². The lowest BCUT2D eigenvalue weighted by molar-refractivity contribution is -0.166. The first-order chi connectivity index (χ1) is 33.5. The van der Waals surface area contributed by atoms with Crippen LogP contribution in [0.15, 0.2) is 85.1 Å². The van der Waals surface area contributed by atoms with Crippen molar-refractivity contribution in [3.8, 4) is 0 Å². The van der Waals surface area contributed by atoms with E-state index in [0.29, 0.717) is 19.3 Å². The topological polar surface area (TPSA) is 78.9 Å². The van der Waals surface area contributed by atoms with Gasteiger partial charge in [0.15, 0.2) is 6.10 Å². The number of ether oxygens (including phenoxy) is 3. The molecule has 0 saturated carbocycles. The predicted octanol–water partition coefficient (Wildman–Crippen LogP) is 19.2. The summed E-state index contributed by atoms with van der Waals surface area (Å²) in [5.74, 6) is -0.997. The minimum Gasteiger partial charge on any atom is -0.462 e. The Hall–Kier alpha value is -3.41. The summed E-state index contributed by atoms with van der Waals surface area (Å²) in [6.07, 6.45) is 73.0. The van der Waals surface area contributed by atoms with E-state index < -0.39 is 12.1 Å². The molecule has 1 atom stereocenters. The van der Waals surface area contributed by atoms with Crippen LogP contribution >= 0.6 is 0 Å². The van der Waals surface area contributed by atoms with Crippen molar-refractivity contribution in [2.24, 2.45) is 0 Å². The summed E-state index contributed by atoms with van der Waals surface area (Å²) < 4.78 is 16.8. The molecule has 6 nitrogen and oxygen atoms in total. The molecule has 0 heterocycles. The van der Waals surface area contributed by atoms with Gasteiger partial charge >= 0.3 is 17.9 Å². The Balaban J connectivity index is 4.47. The van der Waals surface area contributed by atoms with Gasteiger partial charge in [0.2, 0.25) is 0 Å². The van der Waals surface area contributed by atoms with E-state index in [1.807, 2.05) is 6.08 Å². The van der Waals surface area contributed by atoms with Gasteiger partial charge in [-0.2, -0.15) is 0 Å². The molecule has 0 amide bonds. The SMILES string of the molecule is CC/C=C\C/C=C\C/C=C\C/C=C\C/C=C\CCC(=O)OC(COC(=O)CCCCCCCCC/C=C\CCCCCC)COC(=O)CCCCCCCCC/C=C\CCCCCCCCCC. The lowest BCUT2D eigenvalue weighted by atomic mass is 10.1. The maximum absolute atomic E-state index is 12.8. The fourth-order valence-corrected chi connectivity index (χ4v) is 7.83. The Morgan fingerprint density at radius 2 is 0.603 bits per heavy atom. The van der Waals surface area contributed by atoms with Gasteiger partial charge in [0.1, 0.15) is 13.2 Å². The van der Waals surface area contributed by atoms with Crippen molar-refractivity contribution >= 4 is 17.9 Å². The molecule has 0 aromatic rings. The first kappa shape index (κ1) is 64.6. The number of unbranched alkanes of at least 4 members (excludes halogenated alkanes) is 26. The molecule has 0 saturated heterocycles. The van der Waals surface area contributed by atoms with Crippen LogP contribution in [0, 0.1) is 0 Å². The van der Waals surface area contributed by atoms with E-state index in [0.717, 1.165) is 70.6 Å². The third-order valence-electron chi connectivity index (χ3n) is 12.1. The molecule has 0 aromatic heterocycles. The molecular weight excluding hydrogens is 841 g/mol. The van der Waals surface area contributed by atoms with Crippen LogP contribution in [0.2, 0.25) is 0 Å². The number of allylic oxidation sites excluding steroid dienone is 14. The molecule has 0 bridgehead atoms. The molecule has 0 aliphatic rings. The van der Waals surface area contributed by atoms with Crippen molar-refractivity contribution in [2.45, 2.75) is 277 Å². The molecule has 68 heavy (non-hydrogen) atoms. The van der Waals surface area contributed by atoms with Crippen molar-refractivity contribution < 1.29 is 28.6 Å². The lowest BCUT2D eigenvalue weighted by Crippen LogP contribution is -2.30. The highest BCUT2D eigenvalue weighted by molar-refractivity contribution is 5.71. The smallest absolute Gasteiger partial charge is 0.306 e. The van der Waals surface area contributed by atoms with E-state index in [4.69, 9.17) is 14.2 Å². The summed E-state index contributed by atoms with van der Waals surface area (Å²) in [7, 11) is 0. The van der Waals surface area contributed by atoms with Gasteiger partial charge in [-0.25, -0.2) is 0 Å². The van der Waals surface area contributed by atoms with Gasteiger partial charge < -0.3 is 14.2 Å². The molecule has 0 aromatic carbocycles. The van der Waals surface area contributed by atoms with Gasteiger partial charge in [0, 0.05) is 19.3 Å². The minimum absolute atomic E-state index is 0.109. The van der Waals surface area contributed by atoms with Crippen molar-refractivity contribution in [1.29, 1.82) is 0 Å². The number of carbonyl (C=O) groups is 3. The summed E-state index contributed by atoms with van der Waals surface area (Å²) in [6, 6.07) is 0. The summed E-state index contributed by atoms with van der Waals surface area (Å²) in [4.78, 5) is 38.1. The average Bonchev–Trinajstić information content (AvgIpc) is 3.34. The van der Waals surface area contributed by atoms with Crippen LogP contribution in [-0.2, 0) is 28.6 Å². The Morgan fingerprint density at radius 1 is 0.309 bits per heavy atom. The van der Waals surface area contributed by atoms with Crippen molar-refractivity contribution in [1.82, 2.24) is 0 Å². The van der Waals surface area contributed by atoms with Crippen LogP contribution in [0.25, 0.3) is 0 Å². The third kappa shape index (κ3) is 53.5. The third-order valence-corrected chi connectivity index (χ3v) is 12.1. The first-order valence-corrected chi connectivity index (χ1v) is 28.6. The Morgan fingerprint density at radius 3 is 0.971 bits per heavy atom. The number of hydrogen-bond acceptors (Lipinski definition) is 6. The minimum atomic E-state index is -0.820. The second kappa shape index (κ2) is 56.2. The highest BCUT2D eigenvalue weighted by atomic mass is 16.6. The zero-order chi connectivity index (χ0) is 49.3. The largest absolute Gasteiger partial charge is 0.462 e. The molecule has 0 spiro atoms. The van der Waals surface area contributed by atoms with Gasteiger partial charge in [-0.15, -0.1) is 0 Å². The Bertz CT molecular complexity index is 1320. The predicted molar refractivity (Wildman–Crippen MR) is 293 cm³/mol. The molecule has 0 aliphatic carbocycles. The van der Waals surface area contributed by atoms with E-state index in [-0.39, 0.29) is 31.6 Å². The molecule has 6 heteroatoms. The monoisotopic (exact) mass is 947 g/mol. The van der Waals surface area contributed by atoms with E-state index in [1.54, 1.807) is 0 Å². The lowest BCUT2D eigenvalue weighted by Gasteiger charge is -2.18. The highest BCUT2D eigenvalue weighted by Gasteiger charge is 2.19. The molecule has 0 radical (unpaired) electrons. The second-order valence-electron chi connectivity index (χ2n) is 18.8. The molecule has 0 N–H and O–H groups in total. The van der Waals surface area contributed by atoms with Crippen molar-refractivity contribution in [3.05, 3.63) is 85.1 Å². The van der Waals surface area contributed by atoms with Gasteiger partial charge in [-0.05, 0) is 103 Å². The first-order valence-electron chi connectivity index (χ1n) is 28.6. The van der Waals surface area contributed by atoms with E-state index in [9.17, 15) is 14.4 Å². The summed E-state index contributed by atoms with van der Waals surface area (Å²) >= 11 is 0. The van der Waals surface area contributed by atoms with Crippen molar-refractivity contribution in [3.63, 3.8) is 0 Å². The van der Waals surface area contributed by atoms with Crippen LogP contribution in [-0.4, -0.2) is 37.2 Å². The van der Waals surface area contributed by atoms with Crippen LogP contribution in [0.3, 0.4) is 0 Å². The van der Waals surface area contributed by atoms with Gasteiger partial charge in [-0.3, -0.25) is 14.4 Å². The maximum atomic E-state index is 12.8. The summed E-state index contributed by atoms with van der Waals surface area (Å²) in [5.41, 5.74) is 0. The molecule has 0 fully saturated rings. The summed E-state index contributed by atoms with van der Waals surface area (Å²) in [5, 5.41) is 0. The van der Waals surface area contributed by atoms with E-state index in [1.165, 1.54) is 154 Å². The van der Waals surface area contributed by atoms with E-state index >= 15 is 0 Å². The number of hydrogen-bond donors (Lipinski definition) is 0. The van der Waals surface area contributed by atoms with Gasteiger partial charge in [0.25, 0.3) is 0 Å². The van der Waals surface area contributed by atoms with Gasteiger partial charge in [0.05, 0.1) is 0 Å². The fraction of sp³-hybridized carbons (Fsp3) is 0.726. The Kier molecular flexibility index (Phi) is 53.4. The van der Waals surface area contributed by atoms with E-state index in [2.05, 4.69) is 99.8 Å². The van der Waals surface area contributed by atoms with Gasteiger partial charge in [-0.1, -0.05) is 234 Å². The molecule has 1 unspecified atom stereocenters. The number of carbonyl (C=O) groups excluding carboxylic acids is 3. The fourth-order valence-electron chi connectivity index (χ4n) is 7.83. The van der Waals surface area contributed by atoms with Crippen LogP contribution in [0.1, 0.15) is 271 Å². The quantitative estimate of drug-likeness (QED) is 0.0262. The normalized spacial score (nSPS) is 12.7. The zero-order valence-corrected chi connectivity index (χ0v) is 44.6. The second-order valence-corrected chi connectivity index (χ2v) is 18.8. The number of esters is 3. The average molecular weight is 948 g/mol. The Labute approximate surface area is 420 Å². The van der Waals surface area contributed by atoms with Crippen LogP contribution in [0.4, 0.5) is 0 Å². The zero-order valence-electron chi connectivity index (χ0n) is 44.6. The summed E-state index contributed by atoms with van der Waals surface area (Å²) in [6.45, 7) is 6.46. The van der Waals surface area contributed by atoms with Crippen LogP contribution in [0.5, 0.6) is 0 Å². The standard InChI is InChI=1S/C62H106O6/c1-4-7-10-13-16-19-22-25-28-30-31-32-35-37-40-43-46-49-52-55-61(64)67-58-59(57-66-60(63)54-51-48-45-42-39-36-33-27-24-21-18-15-12-9-6-3)68-62(65)56-53-50-47-44-41-38-34-29-26-23-20-17-14-11-8-5-2/h8,11,17,20-21,24,26,29-31,38,41,47,50,59H,4-7,9-10,12-16,18-19,22-23,25,27-28,32-37,39-40,42-46,48-49,51-58H2,1-3H3/b11-8-,20-17-,24-21-,29-26-,31-30-,41-38-,50-47-. The maximum Gasteiger partial charge on any atom is 0.306 e. The molecule has 0 aliphatic heterocycles. The van der Waals surface area contributed by atoms with Crippen LogP contribution < -0.4 is 0 Å². The number of rotatable bonds is 51. The molecular formula is C62H106O6.